The maximum atomic E-state index is 5.71. The zero-order chi connectivity index (χ0) is 5.49. The number of halogens is 1. The Balaban J connectivity index is 2.36. The molecule has 0 heterocycles. The van der Waals surface area contributed by atoms with Crippen molar-refractivity contribution >= 4 is 11.6 Å². The highest BCUT2D eigenvalue weighted by atomic mass is 35.5. The number of hydrogen-bond acceptors (Lipinski definition) is 1. The molecule has 1 aliphatic rings. The summed E-state index contributed by atoms with van der Waals surface area (Å²) >= 11 is 5.71. The SMILES string of the molecule is C[C@]1(CN)C[C@H]1Cl. The first kappa shape index (κ1) is 5.39. The first-order valence-corrected chi connectivity index (χ1v) is 2.97. The molecule has 0 aromatic carbocycles. The van der Waals surface area contributed by atoms with Crippen molar-refractivity contribution in [2.45, 2.75) is 18.7 Å². The van der Waals surface area contributed by atoms with Crippen molar-refractivity contribution in [3.63, 3.8) is 0 Å². The van der Waals surface area contributed by atoms with Crippen LogP contribution in [0.4, 0.5) is 0 Å². The van der Waals surface area contributed by atoms with Gasteiger partial charge in [0.1, 0.15) is 0 Å². The van der Waals surface area contributed by atoms with Crippen LogP contribution >= 0.6 is 11.6 Å². The molecule has 0 amide bonds. The van der Waals surface area contributed by atoms with Gasteiger partial charge in [-0.05, 0) is 18.4 Å². The van der Waals surface area contributed by atoms with Crippen LogP contribution in [-0.2, 0) is 0 Å². The van der Waals surface area contributed by atoms with E-state index in [0.29, 0.717) is 10.8 Å². The molecular weight excluding hydrogens is 110 g/mol. The van der Waals surface area contributed by atoms with Gasteiger partial charge in [-0.3, -0.25) is 0 Å². The molecule has 1 aliphatic carbocycles. The summed E-state index contributed by atoms with van der Waals surface area (Å²) in [6.07, 6.45) is 1.10. The fourth-order valence-corrected chi connectivity index (χ4v) is 1.00. The van der Waals surface area contributed by atoms with E-state index in [-0.39, 0.29) is 0 Å². The molecule has 0 radical (unpaired) electrons. The molecule has 0 aromatic rings. The molecule has 0 spiro atoms. The second-order valence-corrected chi connectivity index (χ2v) is 3.06. The molecule has 0 saturated heterocycles. The van der Waals surface area contributed by atoms with E-state index >= 15 is 0 Å². The maximum absolute atomic E-state index is 5.71. The molecular formula is C5H10ClN. The number of nitrogens with two attached hydrogens (primary N) is 1. The normalized spacial score (nSPS) is 49.3. The summed E-state index contributed by atoms with van der Waals surface area (Å²) in [4.78, 5) is 0. The van der Waals surface area contributed by atoms with E-state index in [1.807, 2.05) is 0 Å². The van der Waals surface area contributed by atoms with E-state index in [2.05, 4.69) is 6.92 Å². The average molecular weight is 120 g/mol. The topological polar surface area (TPSA) is 26.0 Å². The van der Waals surface area contributed by atoms with Crippen LogP contribution in [0, 0.1) is 5.41 Å². The third-order valence-electron chi connectivity index (χ3n) is 1.71. The van der Waals surface area contributed by atoms with Crippen LogP contribution in [-0.4, -0.2) is 11.9 Å². The average Bonchev–Trinajstić information content (AvgIpc) is 2.18. The molecule has 1 nitrogen and oxygen atoms in total. The largest absolute Gasteiger partial charge is 0.330 e. The molecule has 2 atom stereocenters. The lowest BCUT2D eigenvalue weighted by Gasteiger charge is -1.99. The lowest BCUT2D eigenvalue weighted by molar-refractivity contribution is 0.591. The maximum Gasteiger partial charge on any atom is 0.0408 e. The standard InChI is InChI=1S/C5H10ClN/c1-5(3-7)2-4(5)6/h4H,2-3,7H2,1H3/t4-,5-/m1/s1. The van der Waals surface area contributed by atoms with Crippen molar-refractivity contribution in [1.29, 1.82) is 0 Å². The summed E-state index contributed by atoms with van der Waals surface area (Å²) < 4.78 is 0. The predicted octanol–water partition coefficient (Wildman–Crippen LogP) is 0.963. The summed E-state index contributed by atoms with van der Waals surface area (Å²) in [5.74, 6) is 0. The minimum absolute atomic E-state index is 0.293. The Morgan fingerprint density at radius 2 is 2.43 bits per heavy atom. The van der Waals surface area contributed by atoms with E-state index in [1.165, 1.54) is 0 Å². The quantitative estimate of drug-likeness (QED) is 0.512. The van der Waals surface area contributed by atoms with E-state index in [9.17, 15) is 0 Å². The van der Waals surface area contributed by atoms with E-state index < -0.39 is 0 Å². The Hall–Kier alpha value is 0.250. The Labute approximate surface area is 48.8 Å². The van der Waals surface area contributed by atoms with Crippen LogP contribution in [0.1, 0.15) is 13.3 Å². The fraction of sp³-hybridized carbons (Fsp3) is 1.00. The molecule has 2 N–H and O–H groups in total. The summed E-state index contributed by atoms with van der Waals surface area (Å²) in [6.45, 7) is 2.85. The molecule has 1 fully saturated rings. The Morgan fingerprint density at radius 3 is 2.43 bits per heavy atom. The predicted molar refractivity (Wildman–Crippen MR) is 31.4 cm³/mol. The van der Waals surface area contributed by atoms with Gasteiger partial charge in [-0.25, -0.2) is 0 Å². The third-order valence-corrected chi connectivity index (χ3v) is 2.39. The van der Waals surface area contributed by atoms with Gasteiger partial charge in [0.25, 0.3) is 0 Å². The van der Waals surface area contributed by atoms with Crippen molar-refractivity contribution in [3.05, 3.63) is 0 Å². The van der Waals surface area contributed by atoms with Gasteiger partial charge >= 0.3 is 0 Å². The van der Waals surface area contributed by atoms with Crippen molar-refractivity contribution in [3.8, 4) is 0 Å². The molecule has 1 rings (SSSR count). The first-order valence-electron chi connectivity index (χ1n) is 2.53. The van der Waals surface area contributed by atoms with E-state index in [4.69, 9.17) is 17.3 Å². The van der Waals surface area contributed by atoms with Gasteiger partial charge < -0.3 is 5.73 Å². The molecule has 0 unspecified atom stereocenters. The fourth-order valence-electron chi connectivity index (χ4n) is 0.562. The molecule has 2 heteroatoms. The van der Waals surface area contributed by atoms with Crippen molar-refractivity contribution < 1.29 is 0 Å². The Kier molecular flexibility index (Phi) is 1.05. The number of hydrogen-bond donors (Lipinski definition) is 1. The van der Waals surface area contributed by atoms with Crippen molar-refractivity contribution in [2.24, 2.45) is 11.1 Å². The Bertz CT molecular complexity index is 80.1. The minimum atomic E-state index is 0.293. The van der Waals surface area contributed by atoms with Gasteiger partial charge in [0.15, 0.2) is 0 Å². The van der Waals surface area contributed by atoms with E-state index in [0.717, 1.165) is 13.0 Å². The van der Waals surface area contributed by atoms with Gasteiger partial charge in [0.2, 0.25) is 0 Å². The number of alkyl halides is 1. The lowest BCUT2D eigenvalue weighted by atomic mass is 10.1. The Morgan fingerprint density at radius 1 is 2.00 bits per heavy atom. The lowest BCUT2D eigenvalue weighted by Crippen LogP contribution is -2.13. The monoisotopic (exact) mass is 119 g/mol. The second-order valence-electron chi connectivity index (χ2n) is 2.53. The van der Waals surface area contributed by atoms with Gasteiger partial charge in [0, 0.05) is 5.38 Å². The highest BCUT2D eigenvalue weighted by molar-refractivity contribution is 6.23. The minimum Gasteiger partial charge on any atom is -0.330 e. The summed E-state index contributed by atoms with van der Waals surface area (Å²) in [5, 5.41) is 0.359. The smallest absolute Gasteiger partial charge is 0.0408 e. The zero-order valence-corrected chi connectivity index (χ0v) is 5.20. The number of rotatable bonds is 1. The first-order chi connectivity index (χ1) is 3.19. The summed E-state index contributed by atoms with van der Waals surface area (Å²) in [5.41, 5.74) is 5.67. The van der Waals surface area contributed by atoms with E-state index in [1.54, 1.807) is 0 Å². The molecule has 1 saturated carbocycles. The summed E-state index contributed by atoms with van der Waals surface area (Å²) in [7, 11) is 0. The van der Waals surface area contributed by atoms with Gasteiger partial charge in [0.05, 0.1) is 0 Å². The van der Waals surface area contributed by atoms with Gasteiger partial charge in [-0.2, -0.15) is 0 Å². The van der Waals surface area contributed by atoms with Crippen molar-refractivity contribution in [2.75, 3.05) is 6.54 Å². The van der Waals surface area contributed by atoms with Crippen LogP contribution in [0.15, 0.2) is 0 Å². The highest BCUT2D eigenvalue weighted by Gasteiger charge is 2.47. The van der Waals surface area contributed by atoms with Gasteiger partial charge in [-0.1, -0.05) is 6.92 Å². The summed E-state index contributed by atoms with van der Waals surface area (Å²) in [6, 6.07) is 0. The molecule has 0 aliphatic heterocycles. The van der Waals surface area contributed by atoms with Crippen LogP contribution < -0.4 is 5.73 Å². The van der Waals surface area contributed by atoms with Crippen LogP contribution in [0.25, 0.3) is 0 Å². The van der Waals surface area contributed by atoms with Crippen LogP contribution in [0.2, 0.25) is 0 Å². The van der Waals surface area contributed by atoms with Crippen molar-refractivity contribution in [1.82, 2.24) is 0 Å². The zero-order valence-electron chi connectivity index (χ0n) is 4.45. The molecule has 0 aromatic heterocycles. The molecule has 0 bridgehead atoms. The highest BCUT2D eigenvalue weighted by Crippen LogP contribution is 2.48. The van der Waals surface area contributed by atoms with Crippen LogP contribution in [0.3, 0.4) is 0 Å². The second kappa shape index (κ2) is 1.36. The molecule has 42 valence electrons. The molecule has 7 heavy (non-hydrogen) atoms. The third kappa shape index (κ3) is 0.752. The van der Waals surface area contributed by atoms with Crippen LogP contribution in [0.5, 0.6) is 0 Å². The van der Waals surface area contributed by atoms with Gasteiger partial charge in [-0.15, -0.1) is 11.6 Å².